The van der Waals surface area contributed by atoms with Crippen LogP contribution >= 0.6 is 0 Å². The summed E-state index contributed by atoms with van der Waals surface area (Å²) >= 11 is 0. The second-order valence-electron chi connectivity index (χ2n) is 5.59. The van der Waals surface area contributed by atoms with E-state index in [2.05, 4.69) is 10.2 Å². The van der Waals surface area contributed by atoms with Gasteiger partial charge < -0.3 is 15.3 Å². The Hall–Kier alpha value is -1.95. The molecule has 0 aromatic heterocycles. The Morgan fingerprint density at radius 3 is 2.45 bits per heavy atom. The topological polar surface area (TPSA) is 69.6 Å². The third-order valence-corrected chi connectivity index (χ3v) is 3.89. The van der Waals surface area contributed by atoms with Gasteiger partial charge in [0.05, 0.1) is 0 Å². The van der Waals surface area contributed by atoms with Crippen LogP contribution in [0.3, 0.4) is 0 Å². The van der Waals surface area contributed by atoms with Crippen molar-refractivity contribution in [2.24, 2.45) is 0 Å². The van der Waals surface area contributed by atoms with E-state index in [0.29, 0.717) is 12.0 Å². The van der Waals surface area contributed by atoms with Gasteiger partial charge in [0, 0.05) is 31.1 Å². The first-order chi connectivity index (χ1) is 10.5. The largest absolute Gasteiger partial charge is 0.481 e. The van der Waals surface area contributed by atoms with Gasteiger partial charge in [-0.05, 0) is 50.1 Å². The Balaban J connectivity index is 1.71. The van der Waals surface area contributed by atoms with E-state index < -0.39 is 5.97 Å². The fourth-order valence-electron chi connectivity index (χ4n) is 2.62. The summed E-state index contributed by atoms with van der Waals surface area (Å²) in [6.45, 7) is 2.49. The maximum Gasteiger partial charge on any atom is 0.303 e. The number of halogens is 1. The molecule has 1 amide bonds. The van der Waals surface area contributed by atoms with Gasteiger partial charge in [0.2, 0.25) is 0 Å². The summed E-state index contributed by atoms with van der Waals surface area (Å²) < 4.78 is 12.8. The molecule has 1 aromatic carbocycles. The third kappa shape index (κ3) is 5.11. The number of piperidine rings is 1. The predicted molar refractivity (Wildman–Crippen MR) is 80.2 cm³/mol. The number of hydrogen-bond donors (Lipinski definition) is 2. The van der Waals surface area contributed by atoms with Gasteiger partial charge >= 0.3 is 5.97 Å². The zero-order chi connectivity index (χ0) is 15.9. The van der Waals surface area contributed by atoms with Gasteiger partial charge in [0.1, 0.15) is 5.82 Å². The molecule has 0 aliphatic carbocycles. The molecule has 5 nitrogen and oxygen atoms in total. The molecule has 1 aromatic rings. The van der Waals surface area contributed by atoms with Crippen molar-refractivity contribution in [2.75, 3.05) is 19.6 Å². The molecular formula is C16H21FN2O3. The van der Waals surface area contributed by atoms with Crippen molar-refractivity contribution in [3.63, 3.8) is 0 Å². The van der Waals surface area contributed by atoms with E-state index in [1.54, 1.807) is 0 Å². The highest BCUT2D eigenvalue weighted by Gasteiger charge is 2.21. The van der Waals surface area contributed by atoms with E-state index in [4.69, 9.17) is 5.11 Å². The number of benzene rings is 1. The molecule has 120 valence electrons. The lowest BCUT2D eigenvalue weighted by Crippen LogP contribution is -2.44. The predicted octanol–water partition coefficient (Wildman–Crippen LogP) is 1.88. The highest BCUT2D eigenvalue weighted by Crippen LogP contribution is 2.12. The number of carboxylic acid groups (broad SMARTS) is 1. The molecule has 0 spiro atoms. The first-order valence-corrected chi connectivity index (χ1v) is 7.55. The van der Waals surface area contributed by atoms with Crippen molar-refractivity contribution < 1.29 is 19.1 Å². The van der Waals surface area contributed by atoms with Crippen LogP contribution in [0.2, 0.25) is 0 Å². The van der Waals surface area contributed by atoms with Crippen LogP contribution in [0.5, 0.6) is 0 Å². The minimum atomic E-state index is -0.763. The van der Waals surface area contributed by atoms with Crippen LogP contribution in [0.25, 0.3) is 0 Å². The Bertz CT molecular complexity index is 511. The zero-order valence-electron chi connectivity index (χ0n) is 12.4. The van der Waals surface area contributed by atoms with Gasteiger partial charge in [-0.1, -0.05) is 0 Å². The molecule has 0 bridgehead atoms. The van der Waals surface area contributed by atoms with Crippen LogP contribution in [0, 0.1) is 5.82 Å². The summed E-state index contributed by atoms with van der Waals surface area (Å²) in [5.41, 5.74) is 0.463. The van der Waals surface area contributed by atoms with Crippen LogP contribution in [0.4, 0.5) is 4.39 Å². The Morgan fingerprint density at radius 1 is 1.23 bits per heavy atom. The lowest BCUT2D eigenvalue weighted by molar-refractivity contribution is -0.137. The van der Waals surface area contributed by atoms with Gasteiger partial charge in [-0.3, -0.25) is 9.59 Å². The van der Waals surface area contributed by atoms with Crippen LogP contribution in [0.15, 0.2) is 24.3 Å². The molecule has 1 heterocycles. The van der Waals surface area contributed by atoms with Gasteiger partial charge in [-0.15, -0.1) is 0 Å². The van der Waals surface area contributed by atoms with Crippen LogP contribution in [-0.4, -0.2) is 47.6 Å². The first-order valence-electron chi connectivity index (χ1n) is 7.55. The fourth-order valence-corrected chi connectivity index (χ4v) is 2.62. The number of aliphatic carboxylic acids is 1. The molecule has 1 saturated heterocycles. The molecule has 0 atom stereocenters. The highest BCUT2D eigenvalue weighted by atomic mass is 19.1. The highest BCUT2D eigenvalue weighted by molar-refractivity contribution is 5.94. The minimum absolute atomic E-state index is 0.119. The minimum Gasteiger partial charge on any atom is -0.481 e. The standard InChI is InChI=1S/C16H21FN2O3/c17-13-5-3-12(4-6-13)16(22)18-14-7-10-19(11-8-14)9-1-2-15(20)21/h3-6,14H,1-2,7-11H2,(H,18,22)(H,20,21). The van der Waals surface area contributed by atoms with E-state index >= 15 is 0 Å². The number of carbonyl (C=O) groups is 2. The molecule has 0 saturated carbocycles. The zero-order valence-corrected chi connectivity index (χ0v) is 12.4. The van der Waals surface area contributed by atoms with Gasteiger partial charge in [-0.25, -0.2) is 4.39 Å². The number of nitrogens with one attached hydrogen (secondary N) is 1. The second kappa shape index (κ2) is 7.89. The van der Waals surface area contributed by atoms with E-state index in [1.165, 1.54) is 24.3 Å². The molecule has 1 aliphatic heterocycles. The number of hydrogen-bond acceptors (Lipinski definition) is 3. The van der Waals surface area contributed by atoms with E-state index in [1.807, 2.05) is 0 Å². The van der Waals surface area contributed by atoms with E-state index in [-0.39, 0.29) is 24.2 Å². The summed E-state index contributed by atoms with van der Waals surface area (Å²) in [5.74, 6) is -1.29. The molecule has 2 rings (SSSR count). The van der Waals surface area contributed by atoms with E-state index in [9.17, 15) is 14.0 Å². The smallest absolute Gasteiger partial charge is 0.303 e. The Labute approximate surface area is 129 Å². The lowest BCUT2D eigenvalue weighted by Gasteiger charge is -2.32. The number of rotatable bonds is 6. The van der Waals surface area contributed by atoms with Crippen LogP contribution in [0.1, 0.15) is 36.0 Å². The van der Waals surface area contributed by atoms with Gasteiger partial charge in [-0.2, -0.15) is 0 Å². The van der Waals surface area contributed by atoms with Crippen molar-refractivity contribution in [1.29, 1.82) is 0 Å². The van der Waals surface area contributed by atoms with Gasteiger partial charge in [0.15, 0.2) is 0 Å². The number of nitrogens with zero attached hydrogens (tertiary/aromatic N) is 1. The number of likely N-dealkylation sites (tertiary alicyclic amines) is 1. The van der Waals surface area contributed by atoms with Crippen molar-refractivity contribution in [3.8, 4) is 0 Å². The monoisotopic (exact) mass is 308 g/mol. The molecule has 22 heavy (non-hydrogen) atoms. The number of amides is 1. The quantitative estimate of drug-likeness (QED) is 0.842. The van der Waals surface area contributed by atoms with Crippen molar-refractivity contribution in [1.82, 2.24) is 10.2 Å². The molecule has 2 N–H and O–H groups in total. The maximum atomic E-state index is 12.8. The SMILES string of the molecule is O=C(O)CCCN1CCC(NC(=O)c2ccc(F)cc2)CC1. The summed E-state index contributed by atoms with van der Waals surface area (Å²) in [4.78, 5) is 24.7. The third-order valence-electron chi connectivity index (χ3n) is 3.89. The number of carboxylic acids is 1. The summed E-state index contributed by atoms with van der Waals surface area (Å²) in [5, 5.41) is 11.6. The lowest BCUT2D eigenvalue weighted by atomic mass is 10.0. The molecule has 6 heteroatoms. The summed E-state index contributed by atoms with van der Waals surface area (Å²) in [7, 11) is 0. The van der Waals surface area contributed by atoms with E-state index in [0.717, 1.165) is 32.5 Å². The summed E-state index contributed by atoms with van der Waals surface area (Å²) in [6.07, 6.45) is 2.54. The Morgan fingerprint density at radius 2 is 1.86 bits per heavy atom. The van der Waals surface area contributed by atoms with Crippen molar-refractivity contribution in [2.45, 2.75) is 31.7 Å². The first kappa shape index (κ1) is 16.4. The van der Waals surface area contributed by atoms with Gasteiger partial charge in [0.25, 0.3) is 5.91 Å². The average molecular weight is 308 g/mol. The van der Waals surface area contributed by atoms with Crippen LogP contribution < -0.4 is 5.32 Å². The molecule has 0 unspecified atom stereocenters. The maximum absolute atomic E-state index is 12.8. The average Bonchev–Trinajstić information content (AvgIpc) is 2.49. The molecule has 0 radical (unpaired) electrons. The summed E-state index contributed by atoms with van der Waals surface area (Å²) in [6, 6.07) is 5.63. The number of carbonyl (C=O) groups excluding carboxylic acids is 1. The Kier molecular flexibility index (Phi) is 5.89. The van der Waals surface area contributed by atoms with Crippen LogP contribution in [-0.2, 0) is 4.79 Å². The molecule has 1 fully saturated rings. The fraction of sp³-hybridized carbons (Fsp3) is 0.500. The molecular weight excluding hydrogens is 287 g/mol. The molecule has 1 aliphatic rings. The second-order valence-corrected chi connectivity index (χ2v) is 5.59. The van der Waals surface area contributed by atoms with Crippen molar-refractivity contribution in [3.05, 3.63) is 35.6 Å². The van der Waals surface area contributed by atoms with Crippen molar-refractivity contribution >= 4 is 11.9 Å². The normalized spacial score (nSPS) is 16.4.